The zero-order chi connectivity index (χ0) is 8.93. The first-order valence-corrected chi connectivity index (χ1v) is 5.25. The Morgan fingerprint density at radius 1 is 1.23 bits per heavy atom. The van der Waals surface area contributed by atoms with Crippen molar-refractivity contribution in [1.82, 2.24) is 4.98 Å². The molecule has 0 fully saturated rings. The number of hydrogen-bond acceptors (Lipinski definition) is 1. The SMILES string of the molecule is C1=CC2=CCSC2=C1.c1cc[nH]c1. The van der Waals surface area contributed by atoms with Gasteiger partial charge in [0.15, 0.2) is 0 Å². The molecule has 0 atom stereocenters. The van der Waals surface area contributed by atoms with Gasteiger partial charge in [-0.3, -0.25) is 0 Å². The van der Waals surface area contributed by atoms with Gasteiger partial charge in [-0.15, -0.1) is 11.8 Å². The number of aromatic amines is 1. The lowest BCUT2D eigenvalue weighted by Gasteiger charge is -1.87. The van der Waals surface area contributed by atoms with Crippen molar-refractivity contribution in [3.63, 3.8) is 0 Å². The molecule has 13 heavy (non-hydrogen) atoms. The number of aromatic nitrogens is 1. The number of thioether (sulfide) groups is 1. The van der Waals surface area contributed by atoms with Gasteiger partial charge in [0.2, 0.25) is 0 Å². The Bertz CT molecular complexity index is 327. The van der Waals surface area contributed by atoms with Gasteiger partial charge in [0.25, 0.3) is 0 Å². The van der Waals surface area contributed by atoms with Crippen LogP contribution in [-0.2, 0) is 0 Å². The van der Waals surface area contributed by atoms with Crippen LogP contribution in [0.25, 0.3) is 0 Å². The number of nitrogens with one attached hydrogen (secondary N) is 1. The number of H-pyrrole nitrogens is 1. The third-order valence-corrected chi connectivity index (χ3v) is 2.86. The second-order valence-corrected chi connectivity index (χ2v) is 3.81. The average Bonchev–Trinajstić information content (AvgIpc) is 2.84. The summed E-state index contributed by atoms with van der Waals surface area (Å²) in [6.45, 7) is 0. The van der Waals surface area contributed by atoms with E-state index in [1.807, 2.05) is 36.3 Å². The Morgan fingerprint density at radius 3 is 2.69 bits per heavy atom. The normalized spacial score (nSPS) is 17.2. The highest BCUT2D eigenvalue weighted by Gasteiger charge is 2.10. The summed E-state index contributed by atoms with van der Waals surface area (Å²) in [5, 5.41) is 0. The molecule has 1 N–H and O–H groups in total. The molecule has 2 aliphatic rings. The minimum Gasteiger partial charge on any atom is -0.368 e. The molecule has 0 spiro atoms. The molecule has 0 bridgehead atoms. The summed E-state index contributed by atoms with van der Waals surface area (Å²) in [5.41, 5.74) is 1.43. The van der Waals surface area contributed by atoms with E-state index in [1.54, 1.807) is 0 Å². The highest BCUT2D eigenvalue weighted by atomic mass is 32.2. The van der Waals surface area contributed by atoms with Gasteiger partial charge in [-0.25, -0.2) is 0 Å². The topological polar surface area (TPSA) is 15.8 Å². The van der Waals surface area contributed by atoms with Crippen molar-refractivity contribution < 1.29 is 0 Å². The zero-order valence-corrected chi connectivity index (χ0v) is 8.05. The molecular formula is C11H11NS. The van der Waals surface area contributed by atoms with E-state index in [9.17, 15) is 0 Å². The Morgan fingerprint density at radius 2 is 2.08 bits per heavy atom. The fourth-order valence-corrected chi connectivity index (χ4v) is 2.15. The van der Waals surface area contributed by atoms with Crippen molar-refractivity contribution in [1.29, 1.82) is 0 Å². The van der Waals surface area contributed by atoms with Crippen LogP contribution < -0.4 is 0 Å². The third-order valence-electron chi connectivity index (χ3n) is 1.85. The van der Waals surface area contributed by atoms with Crippen molar-refractivity contribution in [2.24, 2.45) is 0 Å². The zero-order valence-electron chi connectivity index (χ0n) is 7.23. The molecule has 3 rings (SSSR count). The minimum atomic E-state index is 1.17. The molecule has 66 valence electrons. The molecule has 0 aromatic carbocycles. The van der Waals surface area contributed by atoms with Gasteiger partial charge < -0.3 is 4.98 Å². The van der Waals surface area contributed by atoms with Gasteiger partial charge in [0.05, 0.1) is 0 Å². The Kier molecular flexibility index (Phi) is 2.72. The fourth-order valence-electron chi connectivity index (χ4n) is 1.22. The molecule has 1 nitrogen and oxygen atoms in total. The van der Waals surface area contributed by atoms with Gasteiger partial charge in [-0.05, 0) is 23.8 Å². The number of fused-ring (bicyclic) bond motifs is 1. The minimum absolute atomic E-state index is 1.17. The molecule has 0 saturated carbocycles. The van der Waals surface area contributed by atoms with Gasteiger partial charge in [0.1, 0.15) is 0 Å². The molecule has 1 aliphatic heterocycles. The highest BCUT2D eigenvalue weighted by Crippen LogP contribution is 2.34. The predicted octanol–water partition coefficient (Wildman–Crippen LogP) is 3.13. The molecule has 1 aliphatic carbocycles. The molecule has 0 saturated heterocycles. The predicted molar refractivity (Wildman–Crippen MR) is 58.6 cm³/mol. The second-order valence-electron chi connectivity index (χ2n) is 2.75. The maximum atomic E-state index is 2.86. The largest absolute Gasteiger partial charge is 0.368 e. The first-order chi connectivity index (χ1) is 6.47. The molecule has 2 heteroatoms. The molecule has 2 heterocycles. The van der Waals surface area contributed by atoms with Crippen molar-refractivity contribution in [3.8, 4) is 0 Å². The fraction of sp³-hybridized carbons (Fsp3) is 0.0909. The summed E-state index contributed by atoms with van der Waals surface area (Å²) in [6.07, 6.45) is 12.5. The summed E-state index contributed by atoms with van der Waals surface area (Å²) in [5.74, 6) is 1.17. The van der Waals surface area contributed by atoms with Crippen molar-refractivity contribution in [3.05, 3.63) is 59.3 Å². The third kappa shape index (κ3) is 2.16. The standard InChI is InChI=1S/C7H6S.C4H5N/c1-2-6-4-5-8-7(6)3-1;1-2-4-5-3-1/h1-4H,5H2;1-5H. The molecule has 0 radical (unpaired) electrons. The lowest BCUT2D eigenvalue weighted by atomic mass is 10.3. The van der Waals surface area contributed by atoms with Crippen LogP contribution in [0.4, 0.5) is 0 Å². The molecule has 0 amide bonds. The molecular weight excluding hydrogens is 178 g/mol. The van der Waals surface area contributed by atoms with E-state index in [2.05, 4.69) is 29.3 Å². The van der Waals surface area contributed by atoms with Crippen molar-refractivity contribution in [2.75, 3.05) is 5.75 Å². The first-order valence-electron chi connectivity index (χ1n) is 4.26. The lowest BCUT2D eigenvalue weighted by molar-refractivity contribution is 1.42. The Balaban J connectivity index is 0.000000113. The summed E-state index contributed by atoms with van der Waals surface area (Å²) >= 11 is 1.92. The van der Waals surface area contributed by atoms with E-state index in [1.165, 1.54) is 16.2 Å². The van der Waals surface area contributed by atoms with Crippen LogP contribution in [0.5, 0.6) is 0 Å². The van der Waals surface area contributed by atoms with E-state index in [-0.39, 0.29) is 0 Å². The van der Waals surface area contributed by atoms with Gasteiger partial charge in [-0.1, -0.05) is 18.2 Å². The van der Waals surface area contributed by atoms with Crippen LogP contribution in [-0.4, -0.2) is 10.7 Å². The van der Waals surface area contributed by atoms with Crippen LogP contribution in [0.3, 0.4) is 0 Å². The van der Waals surface area contributed by atoms with Gasteiger partial charge in [-0.2, -0.15) is 0 Å². The molecule has 1 aromatic rings. The Labute approximate surface area is 82.2 Å². The summed E-state index contributed by atoms with van der Waals surface area (Å²) in [6, 6.07) is 3.89. The molecule has 0 unspecified atom stereocenters. The number of hydrogen-bond donors (Lipinski definition) is 1. The maximum Gasteiger partial charge on any atom is 0.0170 e. The molecule has 1 aromatic heterocycles. The van der Waals surface area contributed by atoms with Crippen LogP contribution in [0.15, 0.2) is 59.3 Å². The van der Waals surface area contributed by atoms with Crippen molar-refractivity contribution in [2.45, 2.75) is 0 Å². The van der Waals surface area contributed by atoms with E-state index < -0.39 is 0 Å². The van der Waals surface area contributed by atoms with Crippen molar-refractivity contribution >= 4 is 11.8 Å². The number of allylic oxidation sites excluding steroid dienone is 4. The Hall–Kier alpha value is -1.15. The maximum absolute atomic E-state index is 2.86. The van der Waals surface area contributed by atoms with E-state index in [4.69, 9.17) is 0 Å². The van der Waals surface area contributed by atoms with Crippen LogP contribution in [0.2, 0.25) is 0 Å². The van der Waals surface area contributed by atoms with Gasteiger partial charge in [0, 0.05) is 23.1 Å². The highest BCUT2D eigenvalue weighted by molar-refractivity contribution is 8.03. The monoisotopic (exact) mass is 189 g/mol. The second kappa shape index (κ2) is 4.19. The van der Waals surface area contributed by atoms with Crippen LogP contribution in [0, 0.1) is 0 Å². The van der Waals surface area contributed by atoms with Crippen LogP contribution in [0.1, 0.15) is 0 Å². The van der Waals surface area contributed by atoms with E-state index in [0.29, 0.717) is 0 Å². The summed E-state index contributed by atoms with van der Waals surface area (Å²) in [7, 11) is 0. The average molecular weight is 189 g/mol. The summed E-state index contributed by atoms with van der Waals surface area (Å²) < 4.78 is 0. The number of rotatable bonds is 0. The quantitative estimate of drug-likeness (QED) is 0.663. The smallest absolute Gasteiger partial charge is 0.0170 e. The van der Waals surface area contributed by atoms with Crippen LogP contribution >= 0.6 is 11.8 Å². The summed E-state index contributed by atoms with van der Waals surface area (Å²) in [4.78, 5) is 4.31. The van der Waals surface area contributed by atoms with E-state index >= 15 is 0 Å². The van der Waals surface area contributed by atoms with Gasteiger partial charge >= 0.3 is 0 Å². The van der Waals surface area contributed by atoms with E-state index in [0.717, 1.165) is 0 Å². The lowest BCUT2D eigenvalue weighted by Crippen LogP contribution is -1.63. The first kappa shape index (κ1) is 8.45.